The molecule has 6 heteroatoms. The van der Waals surface area contributed by atoms with Crippen molar-refractivity contribution in [1.82, 2.24) is 5.32 Å². The molecule has 1 rings (SSSR count). The van der Waals surface area contributed by atoms with Crippen molar-refractivity contribution in [3.63, 3.8) is 0 Å². The Balaban J connectivity index is 2.42. The topological polar surface area (TPSA) is 84.6 Å². The Morgan fingerprint density at radius 2 is 2.24 bits per heavy atom. The fourth-order valence-electron chi connectivity index (χ4n) is 1.24. The minimum atomic E-state index is -0.272. The van der Waals surface area contributed by atoms with Gasteiger partial charge in [0, 0.05) is 17.3 Å². The lowest BCUT2D eigenvalue weighted by molar-refractivity contribution is 0.0838. The van der Waals surface area contributed by atoms with E-state index in [1.807, 2.05) is 0 Å². The molecule has 0 atom stereocenters. The van der Waals surface area contributed by atoms with Gasteiger partial charge >= 0.3 is 0 Å². The first kappa shape index (κ1) is 13.8. The Kier molecular flexibility index (Phi) is 5.76. The van der Waals surface area contributed by atoms with Crippen LogP contribution in [-0.2, 0) is 4.74 Å². The van der Waals surface area contributed by atoms with Gasteiger partial charge in [-0.15, -0.1) is 0 Å². The molecule has 5 nitrogen and oxygen atoms in total. The Bertz CT molecular complexity index is 385. The second-order valence-electron chi connectivity index (χ2n) is 3.32. The van der Waals surface area contributed by atoms with Gasteiger partial charge in [0.25, 0.3) is 5.91 Å². The van der Waals surface area contributed by atoms with Crippen molar-refractivity contribution in [2.24, 2.45) is 0 Å². The lowest BCUT2D eigenvalue weighted by Crippen LogP contribution is -2.28. The van der Waals surface area contributed by atoms with Crippen molar-refractivity contribution in [2.75, 3.05) is 32.1 Å². The molecule has 0 unspecified atom stereocenters. The first-order valence-electron chi connectivity index (χ1n) is 5.17. The van der Waals surface area contributed by atoms with E-state index in [-0.39, 0.29) is 19.1 Å². The van der Waals surface area contributed by atoms with Gasteiger partial charge in [0.05, 0.1) is 25.4 Å². The number of carbonyl (C=O) groups excluding carboxylic acids is 1. The third kappa shape index (κ3) is 4.60. The molecule has 1 aromatic carbocycles. The van der Waals surface area contributed by atoms with Crippen LogP contribution in [0.1, 0.15) is 10.4 Å². The monoisotopic (exact) mass is 258 g/mol. The van der Waals surface area contributed by atoms with Gasteiger partial charge in [-0.2, -0.15) is 0 Å². The maximum absolute atomic E-state index is 11.7. The number of hydrogen-bond donors (Lipinski definition) is 3. The van der Waals surface area contributed by atoms with Crippen LogP contribution in [0.2, 0.25) is 5.02 Å². The molecule has 0 fully saturated rings. The molecule has 0 radical (unpaired) electrons. The molecule has 0 spiro atoms. The number of amides is 1. The lowest BCUT2D eigenvalue weighted by Gasteiger charge is -2.07. The second-order valence-corrected chi connectivity index (χ2v) is 3.76. The Morgan fingerprint density at radius 1 is 1.47 bits per heavy atom. The maximum atomic E-state index is 11.7. The minimum absolute atomic E-state index is 0.0297. The Morgan fingerprint density at radius 3 is 2.88 bits per heavy atom. The van der Waals surface area contributed by atoms with Crippen molar-refractivity contribution >= 4 is 23.2 Å². The van der Waals surface area contributed by atoms with Crippen LogP contribution in [0.15, 0.2) is 18.2 Å². The van der Waals surface area contributed by atoms with E-state index in [9.17, 15) is 4.79 Å². The van der Waals surface area contributed by atoms with Crippen LogP contribution in [0.4, 0.5) is 5.69 Å². The van der Waals surface area contributed by atoms with E-state index in [0.29, 0.717) is 29.4 Å². The van der Waals surface area contributed by atoms with Crippen LogP contribution in [-0.4, -0.2) is 37.4 Å². The van der Waals surface area contributed by atoms with Crippen LogP contribution in [0.5, 0.6) is 0 Å². The molecule has 0 aromatic heterocycles. The number of anilines is 1. The van der Waals surface area contributed by atoms with Crippen molar-refractivity contribution in [1.29, 1.82) is 0 Å². The first-order valence-corrected chi connectivity index (χ1v) is 5.54. The minimum Gasteiger partial charge on any atom is -0.398 e. The number of carbonyl (C=O) groups is 1. The maximum Gasteiger partial charge on any atom is 0.253 e. The van der Waals surface area contributed by atoms with Gasteiger partial charge in [0.1, 0.15) is 0 Å². The van der Waals surface area contributed by atoms with Crippen molar-refractivity contribution in [2.45, 2.75) is 0 Å². The highest BCUT2D eigenvalue weighted by atomic mass is 35.5. The summed E-state index contributed by atoms with van der Waals surface area (Å²) < 4.78 is 5.00. The van der Waals surface area contributed by atoms with Crippen LogP contribution in [0, 0.1) is 0 Å². The molecule has 0 aliphatic rings. The lowest BCUT2D eigenvalue weighted by atomic mass is 10.1. The highest BCUT2D eigenvalue weighted by molar-refractivity contribution is 6.31. The van der Waals surface area contributed by atoms with E-state index >= 15 is 0 Å². The Hall–Kier alpha value is -1.30. The number of nitrogens with one attached hydrogen (secondary N) is 1. The van der Waals surface area contributed by atoms with Gasteiger partial charge in [-0.1, -0.05) is 11.6 Å². The number of ether oxygens (including phenoxy) is 1. The number of nitrogen functional groups attached to an aromatic ring is 1. The zero-order chi connectivity index (χ0) is 12.7. The number of halogens is 1. The summed E-state index contributed by atoms with van der Waals surface area (Å²) in [6, 6.07) is 4.70. The largest absolute Gasteiger partial charge is 0.398 e. The molecule has 0 saturated carbocycles. The fraction of sp³-hybridized carbons (Fsp3) is 0.364. The summed E-state index contributed by atoms with van der Waals surface area (Å²) >= 11 is 5.73. The molecule has 1 aromatic rings. The van der Waals surface area contributed by atoms with Gasteiger partial charge in [-0.3, -0.25) is 4.79 Å². The molecule has 4 N–H and O–H groups in total. The fourth-order valence-corrected chi connectivity index (χ4v) is 1.42. The van der Waals surface area contributed by atoms with Gasteiger partial charge in [0.15, 0.2) is 0 Å². The highest BCUT2D eigenvalue weighted by Gasteiger charge is 2.08. The molecular formula is C11H15ClN2O3. The standard InChI is InChI=1S/C11H15ClN2O3/c12-8-1-2-9(10(13)7-8)11(16)14-3-5-17-6-4-15/h1-2,7,15H,3-6,13H2,(H,14,16). The van der Waals surface area contributed by atoms with Gasteiger partial charge in [-0.25, -0.2) is 0 Å². The summed E-state index contributed by atoms with van der Waals surface area (Å²) in [4.78, 5) is 11.7. The number of benzene rings is 1. The van der Waals surface area contributed by atoms with E-state index in [4.69, 9.17) is 27.2 Å². The normalized spacial score (nSPS) is 10.2. The molecular weight excluding hydrogens is 244 g/mol. The van der Waals surface area contributed by atoms with E-state index < -0.39 is 0 Å². The van der Waals surface area contributed by atoms with E-state index in [0.717, 1.165) is 0 Å². The molecule has 17 heavy (non-hydrogen) atoms. The zero-order valence-corrected chi connectivity index (χ0v) is 10.0. The van der Waals surface area contributed by atoms with Crippen LogP contribution in [0.25, 0.3) is 0 Å². The van der Waals surface area contributed by atoms with E-state index in [2.05, 4.69) is 5.32 Å². The number of aliphatic hydroxyl groups is 1. The van der Waals surface area contributed by atoms with E-state index in [1.165, 1.54) is 6.07 Å². The average molecular weight is 259 g/mol. The number of rotatable bonds is 6. The zero-order valence-electron chi connectivity index (χ0n) is 9.28. The number of hydrogen-bond acceptors (Lipinski definition) is 4. The van der Waals surface area contributed by atoms with Crippen molar-refractivity contribution in [3.05, 3.63) is 28.8 Å². The van der Waals surface area contributed by atoms with E-state index in [1.54, 1.807) is 12.1 Å². The predicted molar refractivity (Wildman–Crippen MR) is 66.1 cm³/mol. The quantitative estimate of drug-likeness (QED) is 0.517. The third-order valence-electron chi connectivity index (χ3n) is 2.03. The molecule has 0 bridgehead atoms. The van der Waals surface area contributed by atoms with Crippen LogP contribution >= 0.6 is 11.6 Å². The molecule has 0 aliphatic heterocycles. The highest BCUT2D eigenvalue weighted by Crippen LogP contribution is 2.17. The molecule has 94 valence electrons. The average Bonchev–Trinajstić information content (AvgIpc) is 2.28. The number of nitrogens with two attached hydrogens (primary N) is 1. The molecule has 0 saturated heterocycles. The van der Waals surface area contributed by atoms with Gasteiger partial charge in [0.2, 0.25) is 0 Å². The predicted octanol–water partition coefficient (Wildman–Crippen LogP) is 0.661. The van der Waals surface area contributed by atoms with Crippen molar-refractivity contribution < 1.29 is 14.6 Å². The van der Waals surface area contributed by atoms with Gasteiger partial charge < -0.3 is 20.9 Å². The van der Waals surface area contributed by atoms with Crippen molar-refractivity contribution in [3.8, 4) is 0 Å². The summed E-state index contributed by atoms with van der Waals surface area (Å²) in [5.74, 6) is -0.272. The summed E-state index contributed by atoms with van der Waals surface area (Å²) in [6.07, 6.45) is 0. The van der Waals surface area contributed by atoms with Crippen LogP contribution in [0.3, 0.4) is 0 Å². The first-order chi connectivity index (χ1) is 8.15. The SMILES string of the molecule is Nc1cc(Cl)ccc1C(=O)NCCOCCO. The van der Waals surface area contributed by atoms with Crippen LogP contribution < -0.4 is 11.1 Å². The molecule has 1 amide bonds. The summed E-state index contributed by atoms with van der Waals surface area (Å²) in [5, 5.41) is 11.6. The number of aliphatic hydroxyl groups excluding tert-OH is 1. The summed E-state index contributed by atoms with van der Waals surface area (Å²) in [6.45, 7) is 0.942. The second kappa shape index (κ2) is 7.11. The molecule has 0 heterocycles. The smallest absolute Gasteiger partial charge is 0.253 e. The third-order valence-corrected chi connectivity index (χ3v) is 2.26. The van der Waals surface area contributed by atoms with Gasteiger partial charge in [-0.05, 0) is 18.2 Å². The summed E-state index contributed by atoms with van der Waals surface area (Å²) in [5.41, 5.74) is 6.39. The Labute approximate surface area is 105 Å². The molecule has 0 aliphatic carbocycles. The summed E-state index contributed by atoms with van der Waals surface area (Å²) in [7, 11) is 0.